The fourth-order valence-corrected chi connectivity index (χ4v) is 2.80. The molecule has 1 aliphatic heterocycles. The Bertz CT molecular complexity index is 694. The molecule has 1 atom stereocenters. The standard InChI is InChI=1S/C18H22N4O3/c1-18(2)12-22(17(23)21-16-8-9-19-13-20-16)10-15(25-18)11-24-14-6-4-3-5-7-14/h3-9,13,15H,10-12H2,1-2H3,(H,19,20,21,23)/t15-/m1/s1. The summed E-state index contributed by atoms with van der Waals surface area (Å²) < 4.78 is 11.8. The van der Waals surface area contributed by atoms with Crippen molar-refractivity contribution in [2.24, 2.45) is 0 Å². The lowest BCUT2D eigenvalue weighted by atomic mass is 10.1. The molecule has 1 aliphatic rings. The molecule has 132 valence electrons. The molecule has 1 saturated heterocycles. The minimum Gasteiger partial charge on any atom is -0.491 e. The zero-order chi connectivity index (χ0) is 17.7. The second-order valence-corrected chi connectivity index (χ2v) is 6.53. The summed E-state index contributed by atoms with van der Waals surface area (Å²) in [4.78, 5) is 22.1. The summed E-state index contributed by atoms with van der Waals surface area (Å²) in [5, 5.41) is 2.78. The molecule has 0 unspecified atom stereocenters. The highest BCUT2D eigenvalue weighted by atomic mass is 16.5. The van der Waals surface area contributed by atoms with Gasteiger partial charge in [-0.2, -0.15) is 0 Å². The van der Waals surface area contributed by atoms with Gasteiger partial charge in [0, 0.05) is 6.20 Å². The smallest absolute Gasteiger partial charge is 0.323 e. The number of rotatable bonds is 4. The number of urea groups is 1. The van der Waals surface area contributed by atoms with Crippen LogP contribution in [0.5, 0.6) is 5.75 Å². The Hall–Kier alpha value is -2.67. The predicted molar refractivity (Wildman–Crippen MR) is 93.5 cm³/mol. The molecule has 0 radical (unpaired) electrons. The second-order valence-electron chi connectivity index (χ2n) is 6.53. The molecule has 0 spiro atoms. The van der Waals surface area contributed by atoms with Gasteiger partial charge in [-0.05, 0) is 32.0 Å². The first kappa shape index (κ1) is 17.2. The number of carbonyl (C=O) groups excluding carboxylic acids is 1. The van der Waals surface area contributed by atoms with E-state index in [-0.39, 0.29) is 12.1 Å². The third kappa shape index (κ3) is 4.90. The van der Waals surface area contributed by atoms with Crippen molar-refractivity contribution < 1.29 is 14.3 Å². The van der Waals surface area contributed by atoms with Crippen LogP contribution in [0.2, 0.25) is 0 Å². The van der Waals surface area contributed by atoms with Gasteiger partial charge in [-0.25, -0.2) is 14.8 Å². The maximum absolute atomic E-state index is 12.5. The number of aromatic nitrogens is 2. The molecule has 2 amide bonds. The summed E-state index contributed by atoms with van der Waals surface area (Å²) in [6.07, 6.45) is 2.78. The molecule has 1 fully saturated rings. The summed E-state index contributed by atoms with van der Waals surface area (Å²) in [5.41, 5.74) is -0.452. The van der Waals surface area contributed by atoms with Crippen molar-refractivity contribution in [2.45, 2.75) is 25.6 Å². The number of nitrogens with zero attached hydrogens (tertiary/aromatic N) is 3. The van der Waals surface area contributed by atoms with E-state index in [1.807, 2.05) is 44.2 Å². The van der Waals surface area contributed by atoms with Crippen molar-refractivity contribution >= 4 is 11.8 Å². The van der Waals surface area contributed by atoms with E-state index >= 15 is 0 Å². The lowest BCUT2D eigenvalue weighted by Gasteiger charge is -2.42. The lowest BCUT2D eigenvalue weighted by molar-refractivity contribution is -0.134. The number of hydrogen-bond acceptors (Lipinski definition) is 5. The zero-order valence-electron chi connectivity index (χ0n) is 14.4. The van der Waals surface area contributed by atoms with Crippen LogP contribution < -0.4 is 10.1 Å². The third-order valence-electron chi connectivity index (χ3n) is 3.76. The number of para-hydroxylation sites is 1. The van der Waals surface area contributed by atoms with E-state index in [4.69, 9.17) is 9.47 Å². The number of anilines is 1. The monoisotopic (exact) mass is 342 g/mol. The average Bonchev–Trinajstić information content (AvgIpc) is 2.60. The van der Waals surface area contributed by atoms with Crippen LogP contribution in [0.25, 0.3) is 0 Å². The molecule has 0 aliphatic carbocycles. The Morgan fingerprint density at radius 2 is 2.16 bits per heavy atom. The van der Waals surface area contributed by atoms with Crippen LogP contribution in [-0.2, 0) is 4.74 Å². The van der Waals surface area contributed by atoms with Crippen molar-refractivity contribution in [3.63, 3.8) is 0 Å². The number of nitrogens with one attached hydrogen (secondary N) is 1. The summed E-state index contributed by atoms with van der Waals surface area (Å²) in [6, 6.07) is 11.0. The van der Waals surface area contributed by atoms with Crippen LogP contribution in [0, 0.1) is 0 Å². The lowest BCUT2D eigenvalue weighted by Crippen LogP contribution is -2.57. The predicted octanol–water partition coefficient (Wildman–Crippen LogP) is 2.57. The van der Waals surface area contributed by atoms with Crippen LogP contribution in [0.4, 0.5) is 10.6 Å². The normalized spacial score (nSPS) is 19.3. The van der Waals surface area contributed by atoms with E-state index < -0.39 is 5.60 Å². The number of morpholine rings is 1. The van der Waals surface area contributed by atoms with Gasteiger partial charge in [-0.15, -0.1) is 0 Å². The number of benzene rings is 1. The Morgan fingerprint density at radius 3 is 2.88 bits per heavy atom. The molecule has 7 heteroatoms. The first-order valence-electron chi connectivity index (χ1n) is 8.19. The van der Waals surface area contributed by atoms with Crippen molar-refractivity contribution in [3.8, 4) is 5.75 Å². The molecular formula is C18H22N4O3. The fourth-order valence-electron chi connectivity index (χ4n) is 2.80. The number of ether oxygens (including phenoxy) is 2. The summed E-state index contributed by atoms with van der Waals surface area (Å²) in [6.45, 7) is 5.25. The Balaban J connectivity index is 1.61. The van der Waals surface area contributed by atoms with Crippen LogP contribution in [-0.4, -0.2) is 52.3 Å². The van der Waals surface area contributed by atoms with Gasteiger partial charge in [0.2, 0.25) is 0 Å². The van der Waals surface area contributed by atoms with Gasteiger partial charge in [0.1, 0.15) is 30.6 Å². The molecule has 1 aromatic heterocycles. The first-order valence-corrected chi connectivity index (χ1v) is 8.19. The SMILES string of the molecule is CC1(C)CN(C(=O)Nc2ccncn2)C[C@H](COc2ccccc2)O1. The van der Waals surface area contributed by atoms with Crippen LogP contribution in [0.1, 0.15) is 13.8 Å². The quantitative estimate of drug-likeness (QED) is 0.924. The maximum atomic E-state index is 12.5. The van der Waals surface area contributed by atoms with Gasteiger partial charge in [0.05, 0.1) is 18.7 Å². The van der Waals surface area contributed by atoms with Crippen molar-refractivity contribution in [3.05, 3.63) is 48.9 Å². The van der Waals surface area contributed by atoms with E-state index in [9.17, 15) is 4.79 Å². The minimum absolute atomic E-state index is 0.208. The van der Waals surface area contributed by atoms with Crippen LogP contribution >= 0.6 is 0 Å². The van der Waals surface area contributed by atoms with Gasteiger partial charge in [-0.3, -0.25) is 5.32 Å². The molecule has 0 bridgehead atoms. The third-order valence-corrected chi connectivity index (χ3v) is 3.76. The number of carbonyl (C=O) groups is 1. The second kappa shape index (κ2) is 7.48. The highest BCUT2D eigenvalue weighted by Crippen LogP contribution is 2.22. The Labute approximate surface area is 147 Å². The molecule has 0 saturated carbocycles. The van der Waals surface area contributed by atoms with Crippen molar-refractivity contribution in [1.82, 2.24) is 14.9 Å². The van der Waals surface area contributed by atoms with Gasteiger partial charge in [0.25, 0.3) is 0 Å². The minimum atomic E-state index is -0.452. The number of hydrogen-bond donors (Lipinski definition) is 1. The molecule has 1 aromatic carbocycles. The van der Waals surface area contributed by atoms with Crippen LogP contribution in [0.3, 0.4) is 0 Å². The van der Waals surface area contributed by atoms with E-state index in [0.29, 0.717) is 25.5 Å². The van der Waals surface area contributed by atoms with Gasteiger partial charge < -0.3 is 14.4 Å². The van der Waals surface area contributed by atoms with Gasteiger partial charge >= 0.3 is 6.03 Å². The van der Waals surface area contributed by atoms with Gasteiger partial charge in [-0.1, -0.05) is 18.2 Å². The highest BCUT2D eigenvalue weighted by molar-refractivity contribution is 5.88. The van der Waals surface area contributed by atoms with Gasteiger partial charge in [0.15, 0.2) is 0 Å². The van der Waals surface area contributed by atoms with E-state index in [1.54, 1.807) is 17.2 Å². The molecule has 7 nitrogen and oxygen atoms in total. The molecular weight excluding hydrogens is 320 g/mol. The molecule has 1 N–H and O–H groups in total. The molecule has 2 heterocycles. The van der Waals surface area contributed by atoms with Crippen molar-refractivity contribution in [2.75, 3.05) is 25.0 Å². The molecule has 3 rings (SSSR count). The van der Waals surface area contributed by atoms with E-state index in [1.165, 1.54) is 6.33 Å². The maximum Gasteiger partial charge on any atom is 0.323 e. The topological polar surface area (TPSA) is 76.6 Å². The van der Waals surface area contributed by atoms with Crippen LogP contribution in [0.15, 0.2) is 48.9 Å². The Kier molecular flexibility index (Phi) is 5.14. The first-order chi connectivity index (χ1) is 12.0. The fraction of sp³-hybridized carbons (Fsp3) is 0.389. The Morgan fingerprint density at radius 1 is 1.36 bits per heavy atom. The molecule has 25 heavy (non-hydrogen) atoms. The van der Waals surface area contributed by atoms with E-state index in [0.717, 1.165) is 5.75 Å². The summed E-state index contributed by atoms with van der Waals surface area (Å²) >= 11 is 0. The largest absolute Gasteiger partial charge is 0.491 e. The number of amides is 2. The summed E-state index contributed by atoms with van der Waals surface area (Å²) in [7, 11) is 0. The zero-order valence-corrected chi connectivity index (χ0v) is 14.4. The van der Waals surface area contributed by atoms with Crippen molar-refractivity contribution in [1.29, 1.82) is 0 Å². The summed E-state index contributed by atoms with van der Waals surface area (Å²) in [5.74, 6) is 1.26. The molecule has 2 aromatic rings. The van der Waals surface area contributed by atoms with E-state index in [2.05, 4.69) is 15.3 Å². The average molecular weight is 342 g/mol. The highest BCUT2D eigenvalue weighted by Gasteiger charge is 2.36.